The Morgan fingerprint density at radius 3 is 2.44 bits per heavy atom. The van der Waals surface area contributed by atoms with Crippen molar-refractivity contribution in [3.8, 4) is 0 Å². The maximum absolute atomic E-state index is 3.36. The Hall–Kier alpha value is 0.110. The van der Waals surface area contributed by atoms with E-state index in [0.717, 1.165) is 4.60 Å². The smallest absolute Gasteiger partial charge is 0.247 e. The minimum absolute atomic E-state index is 0. The van der Waals surface area contributed by atoms with Crippen LogP contribution in [-0.4, -0.2) is 0 Å². The van der Waals surface area contributed by atoms with Crippen LogP contribution in [0, 0.1) is 0 Å². The molecule has 1 aromatic heterocycles. The molecule has 50 valence electrons. The molecule has 0 atom stereocenters. The van der Waals surface area contributed by atoms with E-state index in [9.17, 15) is 0 Å². The summed E-state index contributed by atoms with van der Waals surface area (Å²) in [6, 6.07) is 5.98. The second-order valence-corrected chi connectivity index (χ2v) is 2.45. The second-order valence-electron chi connectivity index (χ2n) is 1.63. The highest BCUT2D eigenvalue weighted by molar-refractivity contribution is 9.10. The van der Waals surface area contributed by atoms with Crippen LogP contribution in [0.5, 0.6) is 0 Å². The summed E-state index contributed by atoms with van der Waals surface area (Å²) in [6.45, 7) is 0. The predicted molar refractivity (Wildman–Crippen MR) is 35.3 cm³/mol. The summed E-state index contributed by atoms with van der Waals surface area (Å²) < 4.78 is 3.10. The monoisotopic (exact) mass is 251 g/mol. The molecule has 1 rings (SSSR count). The van der Waals surface area contributed by atoms with Crippen molar-refractivity contribution in [2.24, 2.45) is 7.05 Å². The number of aromatic nitrogens is 1. The third-order valence-electron chi connectivity index (χ3n) is 0.991. The van der Waals surface area contributed by atoms with Crippen LogP contribution < -0.4 is 21.5 Å². The third-order valence-corrected chi connectivity index (χ3v) is 1.82. The number of hydrogen-bond acceptors (Lipinski definition) is 0. The molecule has 0 aliphatic carbocycles. The zero-order chi connectivity index (χ0) is 5.98. The van der Waals surface area contributed by atoms with Crippen molar-refractivity contribution in [3.05, 3.63) is 29.0 Å². The van der Waals surface area contributed by atoms with Crippen LogP contribution in [0.1, 0.15) is 0 Å². The van der Waals surface area contributed by atoms with Gasteiger partial charge in [0.05, 0.1) is 0 Å². The van der Waals surface area contributed by atoms with E-state index in [-0.39, 0.29) is 17.0 Å². The van der Waals surface area contributed by atoms with E-state index in [0.29, 0.717) is 0 Å². The zero-order valence-corrected chi connectivity index (χ0v) is 8.18. The van der Waals surface area contributed by atoms with Crippen molar-refractivity contribution in [3.63, 3.8) is 0 Å². The summed E-state index contributed by atoms with van der Waals surface area (Å²) in [7, 11) is 1.99. The standard InChI is InChI=1S/C6H7BrN.BrH/c1-8-5-3-2-4-6(8)7;/h2-5H,1H3;1H/q+1;/p-1. The first-order valence-corrected chi connectivity index (χ1v) is 3.20. The first-order chi connectivity index (χ1) is 3.80. The van der Waals surface area contributed by atoms with Crippen LogP contribution in [0.4, 0.5) is 0 Å². The van der Waals surface area contributed by atoms with Gasteiger partial charge < -0.3 is 17.0 Å². The van der Waals surface area contributed by atoms with E-state index in [2.05, 4.69) is 15.9 Å². The number of halogens is 2. The molecular weight excluding hydrogens is 246 g/mol. The molecule has 0 aliphatic rings. The first-order valence-electron chi connectivity index (χ1n) is 2.41. The lowest BCUT2D eigenvalue weighted by atomic mass is 10.5. The highest BCUT2D eigenvalue weighted by Gasteiger charge is 1.94. The summed E-state index contributed by atoms with van der Waals surface area (Å²) in [5.74, 6) is 0. The Morgan fingerprint density at radius 2 is 2.11 bits per heavy atom. The van der Waals surface area contributed by atoms with Crippen LogP contribution >= 0.6 is 15.9 Å². The van der Waals surface area contributed by atoms with Gasteiger partial charge in [-0.25, -0.2) is 0 Å². The molecule has 0 fully saturated rings. The van der Waals surface area contributed by atoms with Gasteiger partial charge in [0.1, 0.15) is 7.05 Å². The summed E-state index contributed by atoms with van der Waals surface area (Å²) in [6.07, 6.45) is 1.99. The van der Waals surface area contributed by atoms with Crippen LogP contribution in [0.3, 0.4) is 0 Å². The van der Waals surface area contributed by atoms with E-state index in [1.54, 1.807) is 0 Å². The summed E-state index contributed by atoms with van der Waals surface area (Å²) in [5, 5.41) is 0. The molecule has 1 heterocycles. The van der Waals surface area contributed by atoms with Gasteiger partial charge in [0.15, 0.2) is 6.20 Å². The van der Waals surface area contributed by atoms with Crippen molar-refractivity contribution < 1.29 is 21.5 Å². The molecule has 0 bridgehead atoms. The van der Waals surface area contributed by atoms with E-state index >= 15 is 0 Å². The summed E-state index contributed by atoms with van der Waals surface area (Å²) >= 11 is 3.36. The molecule has 0 aliphatic heterocycles. The molecule has 0 saturated carbocycles. The fourth-order valence-corrected chi connectivity index (χ4v) is 0.773. The van der Waals surface area contributed by atoms with Crippen molar-refractivity contribution in [2.45, 2.75) is 0 Å². The third kappa shape index (κ3) is 2.45. The van der Waals surface area contributed by atoms with Crippen LogP contribution in [0.25, 0.3) is 0 Å². The van der Waals surface area contributed by atoms with Gasteiger partial charge in [0.2, 0.25) is 4.60 Å². The molecule has 3 heteroatoms. The molecule has 9 heavy (non-hydrogen) atoms. The van der Waals surface area contributed by atoms with Gasteiger partial charge in [-0.1, -0.05) is 0 Å². The lowest BCUT2D eigenvalue weighted by Gasteiger charge is -1.85. The molecule has 0 spiro atoms. The number of aryl methyl sites for hydroxylation is 1. The van der Waals surface area contributed by atoms with Crippen LogP contribution in [0.15, 0.2) is 29.0 Å². The minimum atomic E-state index is 0. The number of hydrogen-bond donors (Lipinski definition) is 0. The quantitative estimate of drug-likeness (QED) is 0.382. The number of rotatable bonds is 0. The molecule has 1 aromatic rings. The molecule has 0 N–H and O–H groups in total. The average molecular weight is 253 g/mol. The van der Waals surface area contributed by atoms with E-state index in [4.69, 9.17) is 0 Å². The Labute approximate surface area is 73.6 Å². The van der Waals surface area contributed by atoms with Crippen molar-refractivity contribution in [1.29, 1.82) is 0 Å². The van der Waals surface area contributed by atoms with Crippen LogP contribution in [0.2, 0.25) is 0 Å². The SMILES string of the molecule is C[n+]1ccccc1Br.[Br-]. The van der Waals surface area contributed by atoms with Gasteiger partial charge in [-0.05, 0) is 6.07 Å². The topological polar surface area (TPSA) is 3.88 Å². The highest BCUT2D eigenvalue weighted by atomic mass is 79.9. The van der Waals surface area contributed by atoms with Gasteiger partial charge in [-0.15, -0.1) is 0 Å². The average Bonchev–Trinajstić information content (AvgIpc) is 1.77. The van der Waals surface area contributed by atoms with E-state index in [1.165, 1.54) is 0 Å². The lowest BCUT2D eigenvalue weighted by Crippen LogP contribution is -3.00. The molecular formula is C6H7Br2N. The van der Waals surface area contributed by atoms with Crippen molar-refractivity contribution >= 4 is 15.9 Å². The largest absolute Gasteiger partial charge is 1.00 e. The Balaban J connectivity index is 0.000000640. The van der Waals surface area contributed by atoms with Gasteiger partial charge in [0.25, 0.3) is 0 Å². The maximum atomic E-state index is 3.36. The molecule has 0 amide bonds. The molecule has 1 nitrogen and oxygen atoms in total. The first kappa shape index (κ1) is 9.11. The predicted octanol–water partition coefficient (Wildman–Crippen LogP) is -1.72. The van der Waals surface area contributed by atoms with Gasteiger partial charge in [-0.3, -0.25) is 0 Å². The van der Waals surface area contributed by atoms with Crippen molar-refractivity contribution in [2.75, 3.05) is 0 Å². The zero-order valence-electron chi connectivity index (χ0n) is 5.01. The Kier molecular flexibility index (Phi) is 4.06. The van der Waals surface area contributed by atoms with E-state index in [1.807, 2.05) is 36.0 Å². The second kappa shape index (κ2) is 4.01. The normalized spacial score (nSPS) is 8.22. The van der Waals surface area contributed by atoms with Gasteiger partial charge >= 0.3 is 0 Å². The molecule has 0 radical (unpaired) electrons. The fraction of sp³-hybridized carbons (Fsp3) is 0.167. The van der Waals surface area contributed by atoms with Gasteiger partial charge in [0, 0.05) is 28.1 Å². The Bertz CT molecular complexity index is 167. The summed E-state index contributed by atoms with van der Waals surface area (Å²) in [5.41, 5.74) is 0. The molecule has 0 aromatic carbocycles. The van der Waals surface area contributed by atoms with E-state index < -0.39 is 0 Å². The summed E-state index contributed by atoms with van der Waals surface area (Å²) in [4.78, 5) is 0. The van der Waals surface area contributed by atoms with Crippen LogP contribution in [-0.2, 0) is 7.05 Å². The molecule has 0 saturated heterocycles. The Morgan fingerprint density at radius 1 is 1.44 bits per heavy atom. The molecule has 0 unspecified atom stereocenters. The highest BCUT2D eigenvalue weighted by Crippen LogP contribution is 1.97. The fourth-order valence-electron chi connectivity index (χ4n) is 0.503. The number of pyridine rings is 1. The minimum Gasteiger partial charge on any atom is -1.00 e. The van der Waals surface area contributed by atoms with Gasteiger partial charge in [-0.2, -0.15) is 4.57 Å². The van der Waals surface area contributed by atoms with Crippen molar-refractivity contribution in [1.82, 2.24) is 0 Å². The maximum Gasteiger partial charge on any atom is 0.247 e. The lowest BCUT2D eigenvalue weighted by molar-refractivity contribution is -0.682. The number of nitrogens with zero attached hydrogens (tertiary/aromatic N) is 1.